The molecule has 0 radical (unpaired) electrons. The van der Waals surface area contributed by atoms with Crippen LogP contribution in [-0.2, 0) is 0 Å². The van der Waals surface area contributed by atoms with Crippen molar-refractivity contribution < 1.29 is 9.53 Å². The maximum absolute atomic E-state index is 12.3. The normalized spacial score (nSPS) is 8.76. The van der Waals surface area contributed by atoms with Gasteiger partial charge in [-0.05, 0) is 18.2 Å². The molecule has 0 saturated carbocycles. The van der Waals surface area contributed by atoms with Crippen LogP contribution in [0.3, 0.4) is 0 Å². The number of ether oxygens (including phenoxy) is 1. The van der Waals surface area contributed by atoms with Crippen molar-refractivity contribution in [1.82, 2.24) is 4.90 Å². The minimum absolute atomic E-state index is 0.151. The number of nitrogens with zero attached hydrogens (tertiary/aromatic N) is 3. The number of carbonyl (C=O) groups excluding carboxylic acids is 1. The highest BCUT2D eigenvalue weighted by Gasteiger charge is 2.16. The Morgan fingerprint density at radius 2 is 2.00 bits per heavy atom. The molecule has 0 fully saturated rings. The van der Waals surface area contributed by atoms with E-state index in [-0.39, 0.29) is 19.6 Å². The molecular weight excluding hydrogens is 268 g/mol. The Bertz CT molecular complexity index is 643. The molecule has 1 aromatic rings. The number of carbonyl (C=O) groups is 1. The van der Waals surface area contributed by atoms with E-state index in [1.54, 1.807) is 18.2 Å². The zero-order valence-corrected chi connectivity index (χ0v) is 11.6. The SMILES string of the molecule is COc1ccc(C(=O)N(CC#N)CC#N)cc1C#CCN. The second-order valence-corrected chi connectivity index (χ2v) is 3.90. The van der Waals surface area contributed by atoms with Crippen LogP contribution in [-0.4, -0.2) is 37.6 Å². The van der Waals surface area contributed by atoms with Crippen LogP contribution >= 0.6 is 0 Å². The number of rotatable bonds is 4. The second-order valence-electron chi connectivity index (χ2n) is 3.90. The van der Waals surface area contributed by atoms with Gasteiger partial charge in [-0.15, -0.1) is 0 Å². The van der Waals surface area contributed by atoms with E-state index in [4.69, 9.17) is 21.0 Å². The Morgan fingerprint density at radius 1 is 1.33 bits per heavy atom. The molecule has 0 aliphatic rings. The minimum Gasteiger partial charge on any atom is -0.495 e. The van der Waals surface area contributed by atoms with Gasteiger partial charge in [0.05, 0.1) is 31.4 Å². The minimum atomic E-state index is -0.406. The first-order valence-corrected chi connectivity index (χ1v) is 6.08. The highest BCUT2D eigenvalue weighted by Crippen LogP contribution is 2.19. The molecule has 0 aliphatic carbocycles. The summed E-state index contributed by atoms with van der Waals surface area (Å²) in [7, 11) is 1.50. The molecule has 6 heteroatoms. The van der Waals surface area contributed by atoms with Crippen molar-refractivity contribution in [2.75, 3.05) is 26.7 Å². The van der Waals surface area contributed by atoms with E-state index in [9.17, 15) is 4.79 Å². The molecule has 106 valence electrons. The fourth-order valence-corrected chi connectivity index (χ4v) is 1.64. The Morgan fingerprint density at radius 3 is 2.52 bits per heavy atom. The Kier molecular flexibility index (Phi) is 6.28. The van der Waals surface area contributed by atoms with E-state index in [2.05, 4.69) is 11.8 Å². The van der Waals surface area contributed by atoms with Crippen LogP contribution in [0.4, 0.5) is 0 Å². The largest absolute Gasteiger partial charge is 0.495 e. The fraction of sp³-hybridized carbons (Fsp3) is 0.267. The van der Waals surface area contributed by atoms with Gasteiger partial charge in [0.1, 0.15) is 18.8 Å². The quantitative estimate of drug-likeness (QED) is 0.639. The van der Waals surface area contributed by atoms with E-state index in [0.29, 0.717) is 16.9 Å². The van der Waals surface area contributed by atoms with E-state index in [0.717, 1.165) is 4.90 Å². The molecule has 0 saturated heterocycles. The summed E-state index contributed by atoms with van der Waals surface area (Å²) in [5.41, 5.74) is 6.20. The topological polar surface area (TPSA) is 103 Å². The van der Waals surface area contributed by atoms with Crippen LogP contribution in [0.5, 0.6) is 5.75 Å². The summed E-state index contributed by atoms with van der Waals surface area (Å²) in [5.74, 6) is 5.64. The molecule has 1 aromatic carbocycles. The molecular formula is C15H14N4O2. The van der Waals surface area contributed by atoms with E-state index < -0.39 is 5.91 Å². The van der Waals surface area contributed by atoms with Crippen molar-refractivity contribution in [3.63, 3.8) is 0 Å². The van der Waals surface area contributed by atoms with Crippen LogP contribution in [0.2, 0.25) is 0 Å². The van der Waals surface area contributed by atoms with Crippen LogP contribution < -0.4 is 10.5 Å². The predicted molar refractivity (Wildman–Crippen MR) is 76.1 cm³/mol. The summed E-state index contributed by atoms with van der Waals surface area (Å²) in [5, 5.41) is 17.4. The third-order valence-electron chi connectivity index (χ3n) is 2.58. The molecule has 2 N–H and O–H groups in total. The average Bonchev–Trinajstić information content (AvgIpc) is 2.51. The summed E-state index contributed by atoms with van der Waals surface area (Å²) in [6.07, 6.45) is 0. The van der Waals surface area contributed by atoms with Gasteiger partial charge in [0, 0.05) is 5.56 Å². The maximum Gasteiger partial charge on any atom is 0.255 e. The number of benzene rings is 1. The number of hydrogen-bond donors (Lipinski definition) is 1. The highest BCUT2D eigenvalue weighted by molar-refractivity contribution is 5.95. The summed E-state index contributed by atoms with van der Waals surface area (Å²) in [6.45, 7) is -0.110. The van der Waals surface area contributed by atoms with Crippen LogP contribution in [0.25, 0.3) is 0 Å². The van der Waals surface area contributed by atoms with Crippen molar-refractivity contribution in [3.05, 3.63) is 29.3 Å². The average molecular weight is 282 g/mol. The van der Waals surface area contributed by atoms with Crippen LogP contribution in [0, 0.1) is 34.5 Å². The van der Waals surface area contributed by atoms with Crippen LogP contribution in [0.15, 0.2) is 18.2 Å². The van der Waals surface area contributed by atoms with Gasteiger partial charge in [-0.2, -0.15) is 10.5 Å². The Labute approximate surface area is 123 Å². The molecule has 1 amide bonds. The maximum atomic E-state index is 12.3. The Balaban J connectivity index is 3.16. The third kappa shape index (κ3) is 4.24. The summed E-state index contributed by atoms with van der Waals surface area (Å²) in [4.78, 5) is 13.4. The summed E-state index contributed by atoms with van der Waals surface area (Å²) in [6, 6.07) is 8.46. The lowest BCUT2D eigenvalue weighted by atomic mass is 10.1. The fourth-order valence-electron chi connectivity index (χ4n) is 1.64. The van der Waals surface area contributed by atoms with Gasteiger partial charge >= 0.3 is 0 Å². The molecule has 21 heavy (non-hydrogen) atoms. The number of hydrogen-bond acceptors (Lipinski definition) is 5. The molecule has 0 aromatic heterocycles. The number of amides is 1. The van der Waals surface area contributed by atoms with Crippen molar-refractivity contribution in [1.29, 1.82) is 10.5 Å². The van der Waals surface area contributed by atoms with E-state index in [1.807, 2.05) is 12.1 Å². The first-order valence-electron chi connectivity index (χ1n) is 6.08. The van der Waals surface area contributed by atoms with Crippen molar-refractivity contribution in [2.45, 2.75) is 0 Å². The Hall–Kier alpha value is -3.01. The first-order chi connectivity index (χ1) is 10.2. The van der Waals surface area contributed by atoms with Crippen molar-refractivity contribution in [2.24, 2.45) is 5.73 Å². The summed E-state index contributed by atoms with van der Waals surface area (Å²) >= 11 is 0. The summed E-state index contributed by atoms with van der Waals surface area (Å²) < 4.78 is 5.16. The molecule has 0 aliphatic heterocycles. The number of nitrogens with two attached hydrogens (primary N) is 1. The predicted octanol–water partition coefficient (Wildman–Crippen LogP) is 0.495. The zero-order valence-electron chi connectivity index (χ0n) is 11.6. The van der Waals surface area contributed by atoms with Gasteiger partial charge in [-0.25, -0.2) is 0 Å². The van der Waals surface area contributed by atoms with Gasteiger partial charge in [0.25, 0.3) is 5.91 Å². The standard InChI is InChI=1S/C15H14N4O2/c1-21-14-5-4-13(11-12(14)3-2-6-16)15(20)19(9-7-17)10-8-18/h4-5,11H,6,9-10,16H2,1H3. The smallest absolute Gasteiger partial charge is 0.255 e. The molecule has 0 heterocycles. The first kappa shape index (κ1) is 16.0. The van der Waals surface area contributed by atoms with Gasteiger partial charge in [0.15, 0.2) is 0 Å². The lowest BCUT2D eigenvalue weighted by Gasteiger charge is -2.16. The van der Waals surface area contributed by atoms with E-state index in [1.165, 1.54) is 7.11 Å². The lowest BCUT2D eigenvalue weighted by Crippen LogP contribution is -2.31. The van der Waals surface area contributed by atoms with Gasteiger partial charge in [-0.3, -0.25) is 4.79 Å². The third-order valence-corrected chi connectivity index (χ3v) is 2.58. The van der Waals surface area contributed by atoms with Crippen LogP contribution in [0.1, 0.15) is 15.9 Å². The molecule has 0 bridgehead atoms. The monoisotopic (exact) mass is 282 g/mol. The van der Waals surface area contributed by atoms with Gasteiger partial charge in [-0.1, -0.05) is 11.8 Å². The number of methoxy groups -OCH3 is 1. The van der Waals surface area contributed by atoms with Gasteiger partial charge in [0.2, 0.25) is 0 Å². The molecule has 6 nitrogen and oxygen atoms in total. The highest BCUT2D eigenvalue weighted by atomic mass is 16.5. The van der Waals surface area contributed by atoms with Crippen molar-refractivity contribution in [3.8, 4) is 29.7 Å². The van der Waals surface area contributed by atoms with Gasteiger partial charge < -0.3 is 15.4 Å². The zero-order chi connectivity index (χ0) is 15.7. The van der Waals surface area contributed by atoms with Crippen molar-refractivity contribution >= 4 is 5.91 Å². The molecule has 0 unspecified atom stereocenters. The molecule has 0 spiro atoms. The lowest BCUT2D eigenvalue weighted by molar-refractivity contribution is 0.0794. The number of nitriles is 2. The molecule has 1 rings (SSSR count). The second kappa shape index (κ2) is 8.22. The molecule has 0 atom stereocenters. The van der Waals surface area contributed by atoms with E-state index >= 15 is 0 Å².